The van der Waals surface area contributed by atoms with Crippen molar-refractivity contribution in [2.45, 2.75) is 38.4 Å². The number of rotatable bonds is 4. The zero-order chi connectivity index (χ0) is 13.9. The van der Waals surface area contributed by atoms with Crippen molar-refractivity contribution in [2.24, 2.45) is 0 Å². The highest BCUT2D eigenvalue weighted by Crippen LogP contribution is 2.21. The Morgan fingerprint density at radius 1 is 1.21 bits per heavy atom. The second kappa shape index (κ2) is 5.77. The third kappa shape index (κ3) is 4.09. The lowest BCUT2D eigenvalue weighted by atomic mass is 10.1. The van der Waals surface area contributed by atoms with Crippen molar-refractivity contribution >= 4 is 5.78 Å². The van der Waals surface area contributed by atoms with Gasteiger partial charge in [-0.2, -0.15) is 13.2 Å². The molecule has 0 saturated carbocycles. The molecule has 1 aliphatic carbocycles. The molecule has 0 bridgehead atoms. The van der Waals surface area contributed by atoms with Crippen LogP contribution in [0.15, 0.2) is 12.4 Å². The van der Waals surface area contributed by atoms with Crippen LogP contribution < -0.4 is 0 Å². The van der Waals surface area contributed by atoms with E-state index in [1.807, 2.05) is 6.20 Å². The summed E-state index contributed by atoms with van der Waals surface area (Å²) in [5.41, 5.74) is 1.71. The molecular formula is C13H16F3NO2. The van der Waals surface area contributed by atoms with Crippen LogP contribution in [0.1, 0.15) is 35.2 Å². The van der Waals surface area contributed by atoms with Gasteiger partial charge < -0.3 is 9.30 Å². The molecule has 2 rings (SSSR count). The van der Waals surface area contributed by atoms with E-state index in [1.165, 1.54) is 0 Å². The van der Waals surface area contributed by atoms with Gasteiger partial charge >= 0.3 is 6.18 Å². The number of ketones is 1. The summed E-state index contributed by atoms with van der Waals surface area (Å²) in [5.74, 6) is 0.127. The maximum absolute atomic E-state index is 11.9. The number of Topliss-reactive ketones (excluding diaryl/α,β-unsaturated/α-hetero) is 1. The summed E-state index contributed by atoms with van der Waals surface area (Å²) in [6.07, 6.45) is 2.58. The van der Waals surface area contributed by atoms with Gasteiger partial charge in [-0.15, -0.1) is 0 Å². The first-order valence-electron chi connectivity index (χ1n) is 6.32. The average molecular weight is 275 g/mol. The number of hydrogen-bond donors (Lipinski definition) is 0. The number of nitrogens with zero attached hydrogens (tertiary/aromatic N) is 1. The van der Waals surface area contributed by atoms with Crippen molar-refractivity contribution in [3.8, 4) is 0 Å². The average Bonchev–Trinajstić information content (AvgIpc) is 2.65. The highest BCUT2D eigenvalue weighted by Gasteiger charge is 2.27. The van der Waals surface area contributed by atoms with Crippen molar-refractivity contribution < 1.29 is 22.7 Å². The number of fused-ring (bicyclic) bond motifs is 1. The van der Waals surface area contributed by atoms with Gasteiger partial charge in [-0.25, -0.2) is 0 Å². The van der Waals surface area contributed by atoms with Crippen LogP contribution in [0.2, 0.25) is 0 Å². The zero-order valence-electron chi connectivity index (χ0n) is 10.5. The SMILES string of the molecule is O=C1CCCCc2cn(CCOCC(F)(F)F)cc21. The van der Waals surface area contributed by atoms with Gasteiger partial charge in [0.2, 0.25) is 0 Å². The van der Waals surface area contributed by atoms with E-state index in [0.29, 0.717) is 18.5 Å². The molecule has 0 radical (unpaired) electrons. The first-order chi connectivity index (χ1) is 8.96. The van der Waals surface area contributed by atoms with Gasteiger partial charge in [0.25, 0.3) is 0 Å². The molecule has 0 saturated heterocycles. The van der Waals surface area contributed by atoms with Crippen molar-refractivity contribution in [3.05, 3.63) is 23.5 Å². The summed E-state index contributed by atoms with van der Waals surface area (Å²) in [5, 5.41) is 0. The number of carbonyl (C=O) groups excluding carboxylic acids is 1. The summed E-state index contributed by atoms with van der Waals surface area (Å²) in [6.45, 7) is -0.912. The fourth-order valence-electron chi connectivity index (χ4n) is 2.23. The van der Waals surface area contributed by atoms with Crippen LogP contribution in [0, 0.1) is 0 Å². The Kier molecular flexibility index (Phi) is 4.29. The fourth-order valence-corrected chi connectivity index (χ4v) is 2.23. The molecule has 0 unspecified atom stereocenters. The summed E-state index contributed by atoms with van der Waals surface area (Å²) in [7, 11) is 0. The van der Waals surface area contributed by atoms with Crippen LogP contribution in [-0.2, 0) is 17.7 Å². The molecular weight excluding hydrogens is 259 g/mol. The number of aromatic nitrogens is 1. The summed E-state index contributed by atoms with van der Waals surface area (Å²) in [6, 6.07) is 0. The van der Waals surface area contributed by atoms with E-state index in [4.69, 9.17) is 0 Å². The third-order valence-electron chi connectivity index (χ3n) is 3.12. The van der Waals surface area contributed by atoms with Gasteiger partial charge in [0, 0.05) is 30.9 Å². The standard InChI is InChI=1S/C13H16F3NO2/c14-13(15,16)9-19-6-5-17-7-10-3-1-2-4-12(18)11(10)8-17/h7-8H,1-6,9H2. The predicted molar refractivity (Wildman–Crippen MR) is 63.2 cm³/mol. The molecule has 106 valence electrons. The molecule has 3 nitrogen and oxygen atoms in total. The minimum absolute atomic E-state index is 0.0126. The second-order valence-corrected chi connectivity index (χ2v) is 4.73. The van der Waals surface area contributed by atoms with Gasteiger partial charge in [0.15, 0.2) is 5.78 Å². The van der Waals surface area contributed by atoms with Gasteiger partial charge in [-0.05, 0) is 24.8 Å². The monoisotopic (exact) mass is 275 g/mol. The number of alkyl halides is 3. The van der Waals surface area contributed by atoms with Crippen molar-refractivity contribution in [2.75, 3.05) is 13.2 Å². The Morgan fingerprint density at radius 2 is 1.95 bits per heavy atom. The van der Waals surface area contributed by atoms with Gasteiger partial charge in [-0.1, -0.05) is 0 Å². The Bertz CT molecular complexity index is 451. The smallest absolute Gasteiger partial charge is 0.370 e. The first kappa shape index (κ1) is 14.1. The number of carbonyl (C=O) groups is 1. The largest absolute Gasteiger partial charge is 0.411 e. The lowest BCUT2D eigenvalue weighted by molar-refractivity contribution is -0.174. The van der Waals surface area contributed by atoms with E-state index in [-0.39, 0.29) is 12.4 Å². The third-order valence-corrected chi connectivity index (χ3v) is 3.12. The normalized spacial score (nSPS) is 16.3. The molecule has 0 N–H and O–H groups in total. The van der Waals surface area contributed by atoms with Crippen molar-refractivity contribution in [3.63, 3.8) is 0 Å². The molecule has 0 aliphatic heterocycles. The minimum atomic E-state index is -4.29. The summed E-state index contributed by atoms with van der Waals surface area (Å²) in [4.78, 5) is 11.8. The van der Waals surface area contributed by atoms with Crippen LogP contribution >= 0.6 is 0 Å². The molecule has 0 aromatic carbocycles. The molecule has 1 aromatic heterocycles. The van der Waals surface area contributed by atoms with E-state index >= 15 is 0 Å². The van der Waals surface area contributed by atoms with E-state index < -0.39 is 12.8 Å². The fraction of sp³-hybridized carbons (Fsp3) is 0.615. The Labute approximate surface area is 109 Å². The zero-order valence-corrected chi connectivity index (χ0v) is 10.5. The Morgan fingerprint density at radius 3 is 2.68 bits per heavy atom. The molecule has 0 spiro atoms. The van der Waals surface area contributed by atoms with E-state index in [2.05, 4.69) is 4.74 Å². The molecule has 1 aliphatic rings. The number of halogens is 3. The lowest BCUT2D eigenvalue weighted by Crippen LogP contribution is -2.18. The molecule has 6 heteroatoms. The van der Waals surface area contributed by atoms with Crippen LogP contribution in [-0.4, -0.2) is 29.7 Å². The Balaban J connectivity index is 1.89. The molecule has 19 heavy (non-hydrogen) atoms. The topological polar surface area (TPSA) is 31.2 Å². The van der Waals surface area contributed by atoms with Crippen molar-refractivity contribution in [1.82, 2.24) is 4.57 Å². The first-order valence-corrected chi connectivity index (χ1v) is 6.32. The molecule has 0 amide bonds. The van der Waals surface area contributed by atoms with Gasteiger partial charge in [0.05, 0.1) is 6.61 Å². The number of hydrogen-bond acceptors (Lipinski definition) is 2. The molecule has 1 heterocycles. The van der Waals surface area contributed by atoms with Crippen LogP contribution in [0.3, 0.4) is 0 Å². The van der Waals surface area contributed by atoms with E-state index in [9.17, 15) is 18.0 Å². The molecule has 1 aromatic rings. The quantitative estimate of drug-likeness (QED) is 0.625. The number of ether oxygens (including phenoxy) is 1. The summed E-state index contributed by atoms with van der Waals surface area (Å²) < 4.78 is 42.0. The maximum atomic E-state index is 11.9. The molecule has 0 fully saturated rings. The number of aryl methyl sites for hydroxylation is 1. The Hall–Kier alpha value is -1.30. The maximum Gasteiger partial charge on any atom is 0.411 e. The highest BCUT2D eigenvalue weighted by atomic mass is 19.4. The predicted octanol–water partition coefficient (Wildman–Crippen LogP) is 2.98. The van der Waals surface area contributed by atoms with Gasteiger partial charge in [-0.3, -0.25) is 4.79 Å². The van der Waals surface area contributed by atoms with Crippen molar-refractivity contribution in [1.29, 1.82) is 0 Å². The minimum Gasteiger partial charge on any atom is -0.370 e. The second-order valence-electron chi connectivity index (χ2n) is 4.73. The lowest BCUT2D eigenvalue weighted by Gasteiger charge is -2.08. The summed E-state index contributed by atoms with van der Waals surface area (Å²) >= 11 is 0. The van der Waals surface area contributed by atoms with E-state index in [0.717, 1.165) is 24.8 Å². The van der Waals surface area contributed by atoms with Crippen LogP contribution in [0.25, 0.3) is 0 Å². The molecule has 0 atom stereocenters. The van der Waals surface area contributed by atoms with Crippen LogP contribution in [0.4, 0.5) is 13.2 Å². The van der Waals surface area contributed by atoms with E-state index in [1.54, 1.807) is 10.8 Å². The highest BCUT2D eigenvalue weighted by molar-refractivity contribution is 5.97. The van der Waals surface area contributed by atoms with Crippen LogP contribution in [0.5, 0.6) is 0 Å². The van der Waals surface area contributed by atoms with Gasteiger partial charge in [0.1, 0.15) is 6.61 Å².